The van der Waals surface area contributed by atoms with Gasteiger partial charge in [-0.3, -0.25) is 0 Å². The molecular formula is C64H44N2. The van der Waals surface area contributed by atoms with Gasteiger partial charge in [-0.25, -0.2) is 0 Å². The number of rotatable bonds is 9. The standard InChI is InChI=1S/C64H44N2/c1-4-20-45(21-5-1)48-26-18-28-51(42-48)65(52-29-19-27-49(43-52)54-40-39-53(46-22-6-2-7-23-46)56-31-10-11-32-57(54)56)64-41-38-50(44-60(64)47-24-8-3-9-25-47)55-30-12-15-35-61(55)66-62-36-16-13-33-58(62)59-34-14-17-37-63(59)66/h1-44H. The first-order valence-corrected chi connectivity index (χ1v) is 22.7. The Hall–Kier alpha value is -8.72. The lowest BCUT2D eigenvalue weighted by molar-refractivity contribution is 1.18. The van der Waals surface area contributed by atoms with Crippen molar-refractivity contribution in [1.82, 2.24) is 4.57 Å². The van der Waals surface area contributed by atoms with Crippen LogP contribution in [0.25, 0.3) is 93.9 Å². The molecule has 1 heterocycles. The Labute approximate surface area is 385 Å². The first-order chi connectivity index (χ1) is 32.8. The molecule has 0 amide bonds. The summed E-state index contributed by atoms with van der Waals surface area (Å²) in [5.74, 6) is 0. The van der Waals surface area contributed by atoms with Crippen LogP contribution in [-0.2, 0) is 0 Å². The molecule has 0 bridgehead atoms. The second-order valence-corrected chi connectivity index (χ2v) is 16.9. The summed E-state index contributed by atoms with van der Waals surface area (Å²) < 4.78 is 2.43. The minimum absolute atomic E-state index is 1.07. The van der Waals surface area contributed by atoms with Crippen LogP contribution in [0.3, 0.4) is 0 Å². The predicted octanol–water partition coefficient (Wildman–Crippen LogP) is 17.7. The molecule has 0 saturated heterocycles. The highest BCUT2D eigenvalue weighted by Crippen LogP contribution is 2.46. The number of hydrogen-bond acceptors (Lipinski definition) is 1. The molecular weight excluding hydrogens is 797 g/mol. The van der Waals surface area contributed by atoms with Gasteiger partial charge in [-0.15, -0.1) is 0 Å². The highest BCUT2D eigenvalue weighted by molar-refractivity contribution is 6.10. The van der Waals surface area contributed by atoms with Crippen LogP contribution in [0.4, 0.5) is 17.1 Å². The van der Waals surface area contributed by atoms with E-state index in [1.807, 2.05) is 0 Å². The fraction of sp³-hybridized carbons (Fsp3) is 0. The molecule has 0 aliphatic carbocycles. The van der Waals surface area contributed by atoms with E-state index >= 15 is 0 Å². The monoisotopic (exact) mass is 840 g/mol. The third-order valence-electron chi connectivity index (χ3n) is 13.0. The first-order valence-electron chi connectivity index (χ1n) is 22.7. The fourth-order valence-electron chi connectivity index (χ4n) is 9.96. The molecule has 2 heteroatoms. The van der Waals surface area contributed by atoms with Crippen molar-refractivity contribution in [2.24, 2.45) is 0 Å². The molecule has 0 unspecified atom stereocenters. The van der Waals surface area contributed by atoms with Gasteiger partial charge < -0.3 is 9.47 Å². The summed E-state index contributed by atoms with van der Waals surface area (Å²) in [5.41, 5.74) is 18.5. The number of para-hydroxylation sites is 3. The number of nitrogens with zero attached hydrogens (tertiary/aromatic N) is 2. The third kappa shape index (κ3) is 6.93. The summed E-state index contributed by atoms with van der Waals surface area (Å²) in [6.07, 6.45) is 0. The molecule has 12 rings (SSSR count). The van der Waals surface area contributed by atoms with Crippen LogP contribution in [-0.4, -0.2) is 4.57 Å². The highest BCUT2D eigenvalue weighted by Gasteiger charge is 2.22. The molecule has 12 aromatic rings. The van der Waals surface area contributed by atoms with Crippen LogP contribution in [0.15, 0.2) is 267 Å². The van der Waals surface area contributed by atoms with Crippen LogP contribution < -0.4 is 4.90 Å². The van der Waals surface area contributed by atoms with Gasteiger partial charge in [0, 0.05) is 33.3 Å². The first kappa shape index (κ1) is 38.9. The quantitative estimate of drug-likeness (QED) is 0.141. The van der Waals surface area contributed by atoms with Crippen LogP contribution in [0.1, 0.15) is 0 Å². The van der Waals surface area contributed by atoms with E-state index in [0.29, 0.717) is 0 Å². The van der Waals surface area contributed by atoms with Gasteiger partial charge in [-0.1, -0.05) is 212 Å². The van der Waals surface area contributed by atoms with Crippen LogP contribution in [0.2, 0.25) is 0 Å². The Balaban J connectivity index is 1.07. The summed E-state index contributed by atoms with van der Waals surface area (Å²) in [5, 5.41) is 4.96. The lowest BCUT2D eigenvalue weighted by Crippen LogP contribution is -2.12. The SMILES string of the molecule is c1ccc(-c2cccc(N(c3cccc(-c4ccc(-c5ccccc5)c5ccccc45)c3)c3ccc(-c4ccccc4-n4c5ccccc5c5ccccc54)cc3-c3ccccc3)c2)cc1. The van der Waals surface area contributed by atoms with Crippen molar-refractivity contribution in [2.75, 3.05) is 4.90 Å². The van der Waals surface area contributed by atoms with Gasteiger partial charge in [0.1, 0.15) is 0 Å². The Morgan fingerprint density at radius 3 is 1.30 bits per heavy atom. The Bertz CT molecular complexity index is 3650. The molecule has 0 atom stereocenters. The molecule has 1 aromatic heterocycles. The van der Waals surface area contributed by atoms with E-state index in [1.165, 1.54) is 54.8 Å². The van der Waals surface area contributed by atoms with Crippen molar-refractivity contribution in [1.29, 1.82) is 0 Å². The van der Waals surface area contributed by atoms with Crippen molar-refractivity contribution in [2.45, 2.75) is 0 Å². The van der Waals surface area contributed by atoms with E-state index in [9.17, 15) is 0 Å². The Morgan fingerprint density at radius 2 is 0.682 bits per heavy atom. The zero-order valence-corrected chi connectivity index (χ0v) is 36.3. The minimum Gasteiger partial charge on any atom is -0.310 e. The maximum atomic E-state index is 2.45. The average molecular weight is 841 g/mol. The maximum Gasteiger partial charge on any atom is 0.0541 e. The smallest absolute Gasteiger partial charge is 0.0541 e. The molecule has 66 heavy (non-hydrogen) atoms. The van der Waals surface area contributed by atoms with E-state index in [4.69, 9.17) is 0 Å². The van der Waals surface area contributed by atoms with Gasteiger partial charge in [0.25, 0.3) is 0 Å². The summed E-state index contributed by atoms with van der Waals surface area (Å²) in [6.45, 7) is 0. The molecule has 0 N–H and O–H groups in total. The zero-order chi connectivity index (χ0) is 43.8. The Kier molecular flexibility index (Phi) is 9.89. The van der Waals surface area contributed by atoms with Gasteiger partial charge in [0.15, 0.2) is 0 Å². The third-order valence-corrected chi connectivity index (χ3v) is 13.0. The number of benzene rings is 11. The second kappa shape index (κ2) is 16.8. The minimum atomic E-state index is 1.07. The van der Waals surface area contributed by atoms with Crippen molar-refractivity contribution < 1.29 is 0 Å². The molecule has 11 aromatic carbocycles. The van der Waals surface area contributed by atoms with Gasteiger partial charge in [-0.2, -0.15) is 0 Å². The molecule has 0 fully saturated rings. The molecule has 2 nitrogen and oxygen atoms in total. The van der Waals surface area contributed by atoms with Crippen molar-refractivity contribution >= 4 is 49.6 Å². The fourth-order valence-corrected chi connectivity index (χ4v) is 9.96. The van der Waals surface area contributed by atoms with Gasteiger partial charge in [0.05, 0.1) is 22.4 Å². The van der Waals surface area contributed by atoms with Crippen LogP contribution >= 0.6 is 0 Å². The molecule has 0 spiro atoms. The normalized spacial score (nSPS) is 11.3. The van der Waals surface area contributed by atoms with Crippen LogP contribution in [0.5, 0.6) is 0 Å². The second-order valence-electron chi connectivity index (χ2n) is 16.9. The summed E-state index contributed by atoms with van der Waals surface area (Å²) in [6, 6.07) is 97.0. The van der Waals surface area contributed by atoms with Crippen LogP contribution in [0, 0.1) is 0 Å². The van der Waals surface area contributed by atoms with Crippen molar-refractivity contribution in [3.63, 3.8) is 0 Å². The topological polar surface area (TPSA) is 8.17 Å². The number of fused-ring (bicyclic) bond motifs is 4. The largest absolute Gasteiger partial charge is 0.310 e. The maximum absolute atomic E-state index is 2.45. The molecule has 0 saturated carbocycles. The number of hydrogen-bond donors (Lipinski definition) is 0. The molecule has 0 aliphatic heterocycles. The molecule has 0 aliphatic rings. The summed E-state index contributed by atoms with van der Waals surface area (Å²) in [4.78, 5) is 2.45. The van der Waals surface area contributed by atoms with E-state index in [0.717, 1.165) is 56.1 Å². The summed E-state index contributed by atoms with van der Waals surface area (Å²) >= 11 is 0. The van der Waals surface area contributed by atoms with Crippen molar-refractivity contribution in [3.8, 4) is 61.3 Å². The van der Waals surface area contributed by atoms with Gasteiger partial charge >= 0.3 is 0 Å². The molecule has 0 radical (unpaired) electrons. The van der Waals surface area contributed by atoms with E-state index < -0.39 is 0 Å². The predicted molar refractivity (Wildman–Crippen MR) is 280 cm³/mol. The highest BCUT2D eigenvalue weighted by atomic mass is 15.1. The van der Waals surface area contributed by atoms with E-state index in [1.54, 1.807) is 0 Å². The van der Waals surface area contributed by atoms with Gasteiger partial charge in [0.2, 0.25) is 0 Å². The number of anilines is 3. The number of aromatic nitrogens is 1. The Morgan fingerprint density at radius 1 is 0.242 bits per heavy atom. The van der Waals surface area contributed by atoms with E-state index in [-0.39, 0.29) is 0 Å². The molecule has 310 valence electrons. The lowest BCUT2D eigenvalue weighted by Gasteiger charge is -2.29. The zero-order valence-electron chi connectivity index (χ0n) is 36.3. The average Bonchev–Trinajstić information content (AvgIpc) is 3.74. The summed E-state index contributed by atoms with van der Waals surface area (Å²) in [7, 11) is 0. The van der Waals surface area contributed by atoms with Crippen molar-refractivity contribution in [3.05, 3.63) is 267 Å². The van der Waals surface area contributed by atoms with Gasteiger partial charge in [-0.05, 0) is 110 Å². The van der Waals surface area contributed by atoms with E-state index in [2.05, 4.69) is 276 Å². The lowest BCUT2D eigenvalue weighted by atomic mass is 9.91.